The van der Waals surface area contributed by atoms with Crippen molar-refractivity contribution in [3.8, 4) is 0 Å². The third kappa shape index (κ3) is 3.74. The minimum Gasteiger partial charge on any atom is -0.481 e. The van der Waals surface area contributed by atoms with E-state index in [1.807, 2.05) is 0 Å². The van der Waals surface area contributed by atoms with Crippen molar-refractivity contribution in [3.63, 3.8) is 0 Å². The molecule has 0 aromatic carbocycles. The molecule has 110 valence electrons. The third-order valence-corrected chi connectivity index (χ3v) is 3.34. The van der Waals surface area contributed by atoms with Crippen LogP contribution in [0.4, 0.5) is 18.0 Å². The topological polar surface area (TPSA) is 60.9 Å². The lowest BCUT2D eigenvalue weighted by Gasteiger charge is -2.31. The van der Waals surface area contributed by atoms with Crippen molar-refractivity contribution in [1.29, 1.82) is 0 Å². The van der Waals surface area contributed by atoms with Crippen LogP contribution in [0.1, 0.15) is 20.3 Å². The van der Waals surface area contributed by atoms with Crippen molar-refractivity contribution in [2.24, 2.45) is 5.92 Å². The fraction of sp³-hybridized carbons (Fsp3) is 0.818. The van der Waals surface area contributed by atoms with Crippen LogP contribution in [0.15, 0.2) is 0 Å². The molecule has 2 unspecified atom stereocenters. The molecule has 0 aliphatic carbocycles. The molecule has 1 rings (SSSR count). The van der Waals surface area contributed by atoms with E-state index in [1.165, 1.54) is 11.8 Å². The first-order valence-electron chi connectivity index (χ1n) is 6.02. The number of amides is 2. The molecular weight excluding hydrogens is 265 g/mol. The first kappa shape index (κ1) is 15.6. The molecule has 0 saturated carbocycles. The summed E-state index contributed by atoms with van der Waals surface area (Å²) in [6, 6.07) is -1.34. The summed E-state index contributed by atoms with van der Waals surface area (Å²) >= 11 is 0. The van der Waals surface area contributed by atoms with Crippen LogP contribution in [0, 0.1) is 5.92 Å². The Morgan fingerprint density at radius 1 is 1.42 bits per heavy atom. The van der Waals surface area contributed by atoms with Crippen molar-refractivity contribution in [2.45, 2.75) is 32.5 Å². The molecule has 0 spiro atoms. The maximum atomic E-state index is 12.3. The number of carboxylic acids is 1. The molecule has 0 aromatic heterocycles. The number of nitrogens with zero attached hydrogens (tertiary/aromatic N) is 2. The lowest BCUT2D eigenvalue weighted by molar-refractivity contribution is -0.143. The molecule has 5 nitrogen and oxygen atoms in total. The lowest BCUT2D eigenvalue weighted by Crippen LogP contribution is -2.49. The summed E-state index contributed by atoms with van der Waals surface area (Å²) in [5.74, 6) is -1.74. The molecule has 0 aromatic rings. The van der Waals surface area contributed by atoms with E-state index in [4.69, 9.17) is 5.11 Å². The highest BCUT2D eigenvalue weighted by molar-refractivity contribution is 5.78. The molecule has 1 heterocycles. The Bertz CT molecular complexity index is 360. The standard InChI is InChI=1S/C11H17F3N2O3/c1-3-15(6-11(12,13)14)10(19)16-5-4-8(7(16)2)9(17)18/h7-8H,3-6H2,1-2H3,(H,17,18). The van der Waals surface area contributed by atoms with E-state index in [2.05, 4.69) is 0 Å². The first-order valence-corrected chi connectivity index (χ1v) is 6.02. The number of rotatable bonds is 3. The van der Waals surface area contributed by atoms with E-state index in [1.54, 1.807) is 6.92 Å². The van der Waals surface area contributed by atoms with Gasteiger partial charge in [0.2, 0.25) is 0 Å². The van der Waals surface area contributed by atoms with E-state index in [-0.39, 0.29) is 19.5 Å². The number of aliphatic carboxylic acids is 1. The number of carbonyl (C=O) groups is 2. The van der Waals surface area contributed by atoms with Crippen molar-refractivity contribution < 1.29 is 27.9 Å². The van der Waals surface area contributed by atoms with Crippen LogP contribution in [-0.2, 0) is 4.79 Å². The van der Waals surface area contributed by atoms with Gasteiger partial charge >= 0.3 is 18.2 Å². The fourth-order valence-electron chi connectivity index (χ4n) is 2.25. The average Bonchev–Trinajstić information content (AvgIpc) is 2.66. The Balaban J connectivity index is 2.74. The van der Waals surface area contributed by atoms with Crippen LogP contribution in [-0.4, -0.2) is 58.8 Å². The van der Waals surface area contributed by atoms with Crippen molar-refractivity contribution in [1.82, 2.24) is 9.80 Å². The molecule has 1 aliphatic rings. The molecule has 8 heteroatoms. The quantitative estimate of drug-likeness (QED) is 0.858. The van der Waals surface area contributed by atoms with Gasteiger partial charge in [-0.2, -0.15) is 13.2 Å². The van der Waals surface area contributed by atoms with Gasteiger partial charge in [0.05, 0.1) is 5.92 Å². The van der Waals surface area contributed by atoms with Crippen molar-refractivity contribution >= 4 is 12.0 Å². The SMILES string of the molecule is CCN(CC(F)(F)F)C(=O)N1CCC(C(=O)O)C1C. The minimum atomic E-state index is -4.46. The predicted molar refractivity (Wildman–Crippen MR) is 60.6 cm³/mol. The second-order valence-corrected chi connectivity index (χ2v) is 4.58. The molecule has 1 aliphatic heterocycles. The summed E-state index contributed by atoms with van der Waals surface area (Å²) in [5.41, 5.74) is 0. The summed E-state index contributed by atoms with van der Waals surface area (Å²) in [7, 11) is 0. The highest BCUT2D eigenvalue weighted by Gasteiger charge is 2.41. The van der Waals surface area contributed by atoms with Crippen LogP contribution < -0.4 is 0 Å². The van der Waals surface area contributed by atoms with Crippen LogP contribution >= 0.6 is 0 Å². The Hall–Kier alpha value is -1.47. The van der Waals surface area contributed by atoms with E-state index in [9.17, 15) is 22.8 Å². The summed E-state index contributed by atoms with van der Waals surface area (Å²) in [5, 5.41) is 8.93. The summed E-state index contributed by atoms with van der Waals surface area (Å²) in [6.07, 6.45) is -4.19. The predicted octanol–water partition coefficient (Wildman–Crippen LogP) is 1.79. The van der Waals surface area contributed by atoms with Gasteiger partial charge in [0.15, 0.2) is 0 Å². The van der Waals surface area contributed by atoms with Gasteiger partial charge in [0.25, 0.3) is 0 Å². The monoisotopic (exact) mass is 282 g/mol. The Labute approximate surface area is 109 Å². The Morgan fingerprint density at radius 2 is 2.00 bits per heavy atom. The maximum absolute atomic E-state index is 12.3. The van der Waals surface area contributed by atoms with Gasteiger partial charge < -0.3 is 14.9 Å². The van der Waals surface area contributed by atoms with Crippen LogP contribution in [0.3, 0.4) is 0 Å². The number of carboxylic acid groups (broad SMARTS) is 1. The fourth-order valence-corrected chi connectivity index (χ4v) is 2.25. The number of halogens is 3. The van der Waals surface area contributed by atoms with E-state index in [0.717, 1.165) is 0 Å². The largest absolute Gasteiger partial charge is 0.481 e. The average molecular weight is 282 g/mol. The van der Waals surface area contributed by atoms with Gasteiger partial charge in [-0.25, -0.2) is 4.79 Å². The maximum Gasteiger partial charge on any atom is 0.406 e. The lowest BCUT2D eigenvalue weighted by atomic mass is 10.0. The highest BCUT2D eigenvalue weighted by Crippen LogP contribution is 2.26. The zero-order valence-electron chi connectivity index (χ0n) is 10.8. The van der Waals surface area contributed by atoms with Gasteiger partial charge in [-0.1, -0.05) is 0 Å². The zero-order chi connectivity index (χ0) is 14.8. The van der Waals surface area contributed by atoms with Gasteiger partial charge in [-0.3, -0.25) is 4.79 Å². The zero-order valence-corrected chi connectivity index (χ0v) is 10.8. The summed E-state index contributed by atoms with van der Waals surface area (Å²) in [6.45, 7) is 1.79. The number of likely N-dealkylation sites (tertiary alicyclic amines) is 1. The Morgan fingerprint density at radius 3 is 2.37 bits per heavy atom. The second kappa shape index (κ2) is 5.66. The molecule has 0 radical (unpaired) electrons. The van der Waals surface area contributed by atoms with Crippen molar-refractivity contribution in [2.75, 3.05) is 19.6 Å². The highest BCUT2D eigenvalue weighted by atomic mass is 19.4. The molecule has 19 heavy (non-hydrogen) atoms. The van der Waals surface area contributed by atoms with E-state index < -0.39 is 36.7 Å². The smallest absolute Gasteiger partial charge is 0.406 e. The molecule has 2 atom stereocenters. The van der Waals surface area contributed by atoms with Gasteiger partial charge in [-0.05, 0) is 20.3 Å². The number of alkyl halides is 3. The first-order chi connectivity index (χ1) is 8.67. The van der Waals surface area contributed by atoms with E-state index >= 15 is 0 Å². The Kier molecular flexibility index (Phi) is 4.65. The number of hydrogen-bond donors (Lipinski definition) is 1. The van der Waals surface area contributed by atoms with Crippen LogP contribution in [0.25, 0.3) is 0 Å². The van der Waals surface area contributed by atoms with Gasteiger partial charge in [-0.15, -0.1) is 0 Å². The van der Waals surface area contributed by atoms with Crippen LogP contribution in [0.5, 0.6) is 0 Å². The molecule has 2 amide bonds. The van der Waals surface area contributed by atoms with Gasteiger partial charge in [0.1, 0.15) is 6.54 Å². The molecule has 1 N–H and O–H groups in total. The number of urea groups is 1. The second-order valence-electron chi connectivity index (χ2n) is 4.58. The third-order valence-electron chi connectivity index (χ3n) is 3.34. The normalized spacial score (nSPS) is 23.5. The van der Waals surface area contributed by atoms with E-state index in [0.29, 0.717) is 4.90 Å². The molecular formula is C11H17F3N2O3. The summed E-state index contributed by atoms with van der Waals surface area (Å²) in [4.78, 5) is 24.8. The number of hydrogen-bond acceptors (Lipinski definition) is 2. The van der Waals surface area contributed by atoms with Crippen molar-refractivity contribution in [3.05, 3.63) is 0 Å². The summed E-state index contributed by atoms with van der Waals surface area (Å²) < 4.78 is 37.0. The number of carbonyl (C=O) groups excluding carboxylic acids is 1. The molecule has 1 fully saturated rings. The molecule has 1 saturated heterocycles. The molecule has 0 bridgehead atoms. The minimum absolute atomic E-state index is 0.0701. The van der Waals surface area contributed by atoms with Crippen LogP contribution in [0.2, 0.25) is 0 Å². The van der Waals surface area contributed by atoms with Gasteiger partial charge in [0, 0.05) is 19.1 Å².